The second-order valence-corrected chi connectivity index (χ2v) is 8.93. The summed E-state index contributed by atoms with van der Waals surface area (Å²) in [5.74, 6) is 0.996. The summed E-state index contributed by atoms with van der Waals surface area (Å²) in [4.78, 5) is 4.49. The van der Waals surface area contributed by atoms with Gasteiger partial charge in [0, 0.05) is 33.8 Å². The molecule has 0 saturated carbocycles. The highest BCUT2D eigenvalue weighted by atomic mass is 32.2. The van der Waals surface area contributed by atoms with Crippen molar-refractivity contribution in [2.75, 3.05) is 33.9 Å². The number of ether oxygens (including phenoxy) is 1. The number of guanidine groups is 1. The Labute approximate surface area is 180 Å². The number of aryl methyl sites for hydroxylation is 1. The summed E-state index contributed by atoms with van der Waals surface area (Å²) in [5.41, 5.74) is 3.37. The van der Waals surface area contributed by atoms with Crippen molar-refractivity contribution < 1.29 is 13.2 Å². The number of benzene rings is 2. The normalized spacial score (nSPS) is 13.1. The SMILES string of the molecule is CN=C(NCc1cccc(S(=O)(=O)NCCOC)c1)NCC(C)c1cccc(C)c1. The standard InChI is InChI=1S/C22H32N4O3S/c1-17-7-5-9-20(13-17)18(2)15-24-22(23-3)25-16-19-8-6-10-21(14-19)30(27,28)26-11-12-29-4/h5-10,13-14,18,26H,11-12,15-16H2,1-4H3,(H2,23,24,25). The molecule has 0 aliphatic rings. The van der Waals surface area contributed by atoms with Crippen molar-refractivity contribution in [1.82, 2.24) is 15.4 Å². The van der Waals surface area contributed by atoms with Crippen LogP contribution in [0.4, 0.5) is 0 Å². The van der Waals surface area contributed by atoms with Crippen molar-refractivity contribution in [3.05, 3.63) is 65.2 Å². The van der Waals surface area contributed by atoms with Gasteiger partial charge in [-0.15, -0.1) is 0 Å². The molecule has 0 saturated heterocycles. The molecule has 2 rings (SSSR count). The lowest BCUT2D eigenvalue weighted by atomic mass is 9.99. The molecule has 0 amide bonds. The van der Waals surface area contributed by atoms with Gasteiger partial charge >= 0.3 is 0 Å². The van der Waals surface area contributed by atoms with Gasteiger partial charge in [-0.05, 0) is 36.1 Å². The molecule has 0 aliphatic heterocycles. The Morgan fingerprint density at radius 3 is 2.60 bits per heavy atom. The maximum absolute atomic E-state index is 12.4. The van der Waals surface area contributed by atoms with Gasteiger partial charge in [0.2, 0.25) is 10.0 Å². The molecule has 8 heteroatoms. The Morgan fingerprint density at radius 2 is 1.90 bits per heavy atom. The minimum absolute atomic E-state index is 0.230. The number of hydrogen-bond donors (Lipinski definition) is 3. The van der Waals surface area contributed by atoms with Crippen LogP contribution in [0.1, 0.15) is 29.5 Å². The van der Waals surface area contributed by atoms with Crippen LogP contribution in [-0.4, -0.2) is 48.2 Å². The van der Waals surface area contributed by atoms with Crippen molar-refractivity contribution in [2.24, 2.45) is 4.99 Å². The highest BCUT2D eigenvalue weighted by Crippen LogP contribution is 2.15. The van der Waals surface area contributed by atoms with E-state index < -0.39 is 10.0 Å². The number of methoxy groups -OCH3 is 1. The van der Waals surface area contributed by atoms with Crippen molar-refractivity contribution in [3.8, 4) is 0 Å². The van der Waals surface area contributed by atoms with E-state index in [1.54, 1.807) is 25.2 Å². The lowest BCUT2D eigenvalue weighted by Gasteiger charge is -2.17. The molecule has 0 aliphatic carbocycles. The minimum atomic E-state index is -3.56. The monoisotopic (exact) mass is 432 g/mol. The molecule has 30 heavy (non-hydrogen) atoms. The number of rotatable bonds is 10. The van der Waals surface area contributed by atoms with E-state index in [4.69, 9.17) is 4.74 Å². The number of hydrogen-bond acceptors (Lipinski definition) is 4. The van der Waals surface area contributed by atoms with Gasteiger partial charge in [-0.1, -0.05) is 48.9 Å². The van der Waals surface area contributed by atoms with Crippen molar-refractivity contribution in [1.29, 1.82) is 0 Å². The van der Waals surface area contributed by atoms with Crippen molar-refractivity contribution >= 4 is 16.0 Å². The topological polar surface area (TPSA) is 91.8 Å². The van der Waals surface area contributed by atoms with Crippen LogP contribution < -0.4 is 15.4 Å². The van der Waals surface area contributed by atoms with E-state index in [0.29, 0.717) is 25.0 Å². The maximum Gasteiger partial charge on any atom is 0.240 e. The predicted octanol–water partition coefficient (Wildman–Crippen LogP) is 2.39. The van der Waals surface area contributed by atoms with Gasteiger partial charge < -0.3 is 15.4 Å². The minimum Gasteiger partial charge on any atom is -0.383 e. The molecule has 1 atom stereocenters. The van der Waals surface area contributed by atoms with Crippen molar-refractivity contribution in [3.63, 3.8) is 0 Å². The van der Waals surface area contributed by atoms with E-state index in [9.17, 15) is 8.42 Å². The molecule has 3 N–H and O–H groups in total. The first-order chi connectivity index (χ1) is 14.4. The first-order valence-corrected chi connectivity index (χ1v) is 11.4. The smallest absolute Gasteiger partial charge is 0.240 e. The van der Waals surface area contributed by atoms with Gasteiger partial charge in [0.15, 0.2) is 5.96 Å². The number of nitrogens with zero attached hydrogens (tertiary/aromatic N) is 1. The summed E-state index contributed by atoms with van der Waals surface area (Å²) in [6.07, 6.45) is 0. The molecule has 1 unspecified atom stereocenters. The first-order valence-electron chi connectivity index (χ1n) is 9.94. The average molecular weight is 433 g/mol. The van der Waals surface area contributed by atoms with Crippen LogP contribution in [0.25, 0.3) is 0 Å². The Balaban J connectivity index is 1.92. The average Bonchev–Trinajstić information content (AvgIpc) is 2.74. The molecule has 7 nitrogen and oxygen atoms in total. The fraction of sp³-hybridized carbons (Fsp3) is 0.409. The Bertz CT molecular complexity index is 945. The molecule has 164 valence electrons. The van der Waals surface area contributed by atoms with Crippen LogP contribution in [0.15, 0.2) is 58.4 Å². The summed E-state index contributed by atoms with van der Waals surface area (Å²) in [6.45, 7) is 6.01. The van der Waals surface area contributed by atoms with Gasteiger partial charge in [-0.2, -0.15) is 0 Å². The molecule has 0 spiro atoms. The zero-order valence-corrected chi connectivity index (χ0v) is 18.9. The third-order valence-electron chi connectivity index (χ3n) is 4.68. The predicted molar refractivity (Wildman–Crippen MR) is 121 cm³/mol. The van der Waals surface area contributed by atoms with Crippen LogP contribution in [-0.2, 0) is 21.3 Å². The third kappa shape index (κ3) is 7.44. The van der Waals surface area contributed by atoms with Crippen LogP contribution in [0.2, 0.25) is 0 Å². The van der Waals surface area contributed by atoms with Gasteiger partial charge in [0.25, 0.3) is 0 Å². The van der Waals surface area contributed by atoms with E-state index in [-0.39, 0.29) is 11.4 Å². The van der Waals surface area contributed by atoms with Gasteiger partial charge in [0.05, 0.1) is 11.5 Å². The van der Waals surface area contributed by atoms with Crippen LogP contribution >= 0.6 is 0 Å². The molecular weight excluding hydrogens is 400 g/mol. The molecule has 0 radical (unpaired) electrons. The van der Waals surface area contributed by atoms with Gasteiger partial charge in [0.1, 0.15) is 0 Å². The molecule has 0 heterocycles. The van der Waals surface area contributed by atoms with E-state index in [2.05, 4.69) is 58.5 Å². The summed E-state index contributed by atoms with van der Waals surface area (Å²) in [7, 11) is -0.312. The summed E-state index contributed by atoms with van der Waals surface area (Å²) in [6, 6.07) is 15.3. The number of aliphatic imine (C=N–C) groups is 1. The summed E-state index contributed by atoms with van der Waals surface area (Å²) < 4.78 is 32.1. The second kappa shape index (κ2) is 11.7. The highest BCUT2D eigenvalue weighted by molar-refractivity contribution is 7.89. The zero-order valence-electron chi connectivity index (χ0n) is 18.1. The second-order valence-electron chi connectivity index (χ2n) is 7.16. The van der Waals surface area contributed by atoms with Crippen LogP contribution in [0.5, 0.6) is 0 Å². The molecule has 0 fully saturated rings. The number of nitrogens with one attached hydrogen (secondary N) is 3. The van der Waals surface area contributed by atoms with Gasteiger partial charge in [-0.3, -0.25) is 4.99 Å². The maximum atomic E-state index is 12.4. The molecule has 0 bridgehead atoms. The van der Waals surface area contributed by atoms with Crippen LogP contribution in [0, 0.1) is 6.92 Å². The molecule has 0 aromatic heterocycles. The van der Waals surface area contributed by atoms with Crippen molar-refractivity contribution in [2.45, 2.75) is 31.2 Å². The largest absolute Gasteiger partial charge is 0.383 e. The Hall–Kier alpha value is -2.42. The summed E-state index contributed by atoms with van der Waals surface area (Å²) in [5, 5.41) is 6.57. The highest BCUT2D eigenvalue weighted by Gasteiger charge is 2.14. The molecule has 2 aromatic carbocycles. The third-order valence-corrected chi connectivity index (χ3v) is 6.14. The van der Waals surface area contributed by atoms with E-state index >= 15 is 0 Å². The lowest BCUT2D eigenvalue weighted by molar-refractivity contribution is 0.204. The lowest BCUT2D eigenvalue weighted by Crippen LogP contribution is -2.38. The van der Waals surface area contributed by atoms with E-state index in [1.807, 2.05) is 6.07 Å². The molecule has 2 aromatic rings. The zero-order chi connectivity index (χ0) is 22.0. The molecular formula is C22H32N4O3S. The van der Waals surface area contributed by atoms with Gasteiger partial charge in [-0.25, -0.2) is 13.1 Å². The quantitative estimate of drug-likeness (QED) is 0.305. The summed E-state index contributed by atoms with van der Waals surface area (Å²) >= 11 is 0. The van der Waals surface area contributed by atoms with Crippen LogP contribution in [0.3, 0.4) is 0 Å². The number of sulfonamides is 1. The first kappa shape index (κ1) is 23.9. The Kier molecular flexibility index (Phi) is 9.29. The fourth-order valence-corrected chi connectivity index (χ4v) is 4.02. The Morgan fingerprint density at radius 1 is 1.13 bits per heavy atom. The fourth-order valence-electron chi connectivity index (χ4n) is 2.93. The van der Waals surface area contributed by atoms with E-state index in [1.165, 1.54) is 18.2 Å². The van der Waals surface area contributed by atoms with E-state index in [0.717, 1.165) is 12.1 Å².